The van der Waals surface area contributed by atoms with Gasteiger partial charge in [0, 0.05) is 18.0 Å². The van der Waals surface area contributed by atoms with Gasteiger partial charge in [-0.15, -0.1) is 0 Å². The summed E-state index contributed by atoms with van der Waals surface area (Å²) in [6.45, 7) is 0. The summed E-state index contributed by atoms with van der Waals surface area (Å²) in [6, 6.07) is 4.74. The fourth-order valence-electron chi connectivity index (χ4n) is 2.80. The topological polar surface area (TPSA) is 29.5 Å². The second kappa shape index (κ2) is 5.68. The first-order valence-electron chi connectivity index (χ1n) is 6.24. The van der Waals surface area contributed by atoms with E-state index < -0.39 is 5.60 Å². The van der Waals surface area contributed by atoms with Gasteiger partial charge in [0.2, 0.25) is 0 Å². The SMILES string of the molecule is COC1CCCCC1(O)Cc1cc(F)cc(Br)c1. The first kappa shape index (κ1) is 14.0. The number of hydrogen-bond donors (Lipinski definition) is 1. The molecule has 1 fully saturated rings. The number of rotatable bonds is 3. The van der Waals surface area contributed by atoms with E-state index in [2.05, 4.69) is 15.9 Å². The molecule has 2 atom stereocenters. The van der Waals surface area contributed by atoms with Crippen LogP contribution in [0, 0.1) is 5.82 Å². The van der Waals surface area contributed by atoms with Gasteiger partial charge in [-0.1, -0.05) is 28.8 Å². The van der Waals surface area contributed by atoms with Crippen LogP contribution in [-0.2, 0) is 11.2 Å². The van der Waals surface area contributed by atoms with E-state index >= 15 is 0 Å². The molecule has 2 unspecified atom stereocenters. The van der Waals surface area contributed by atoms with Crippen molar-refractivity contribution in [3.63, 3.8) is 0 Å². The maximum atomic E-state index is 13.3. The van der Waals surface area contributed by atoms with Crippen molar-refractivity contribution in [3.05, 3.63) is 34.1 Å². The number of benzene rings is 1. The van der Waals surface area contributed by atoms with Crippen LogP contribution in [0.15, 0.2) is 22.7 Å². The zero-order chi connectivity index (χ0) is 13.2. The predicted octanol–water partition coefficient (Wildman–Crippen LogP) is 3.45. The van der Waals surface area contributed by atoms with E-state index in [1.807, 2.05) is 6.07 Å². The van der Waals surface area contributed by atoms with Crippen LogP contribution in [0.4, 0.5) is 4.39 Å². The molecular weight excluding hydrogens is 299 g/mol. The number of methoxy groups -OCH3 is 1. The standard InChI is InChI=1S/C14H18BrFO2/c1-18-13-4-2-3-5-14(13,17)9-10-6-11(15)8-12(16)7-10/h6-8,13,17H,2-5,9H2,1H3. The second-order valence-corrected chi connectivity index (χ2v) is 5.94. The van der Waals surface area contributed by atoms with E-state index in [4.69, 9.17) is 4.74 Å². The molecule has 0 spiro atoms. The van der Waals surface area contributed by atoms with Crippen LogP contribution in [-0.4, -0.2) is 23.9 Å². The molecule has 0 saturated heterocycles. The molecule has 1 aromatic rings. The molecule has 1 saturated carbocycles. The average molecular weight is 317 g/mol. The Morgan fingerprint density at radius 3 is 2.89 bits per heavy atom. The Morgan fingerprint density at radius 1 is 1.44 bits per heavy atom. The third-order valence-corrected chi connectivity index (χ3v) is 4.10. The molecule has 0 amide bonds. The van der Waals surface area contributed by atoms with Crippen molar-refractivity contribution in [2.75, 3.05) is 7.11 Å². The first-order chi connectivity index (χ1) is 8.53. The minimum atomic E-state index is -0.875. The quantitative estimate of drug-likeness (QED) is 0.925. The second-order valence-electron chi connectivity index (χ2n) is 5.03. The molecule has 2 rings (SSSR count). The molecule has 1 N–H and O–H groups in total. The van der Waals surface area contributed by atoms with Crippen molar-refractivity contribution < 1.29 is 14.2 Å². The average Bonchev–Trinajstić information content (AvgIpc) is 2.27. The molecule has 0 heterocycles. The lowest BCUT2D eigenvalue weighted by molar-refractivity contribution is -0.116. The van der Waals surface area contributed by atoms with Crippen LogP contribution in [0.25, 0.3) is 0 Å². The number of halogens is 2. The number of hydrogen-bond acceptors (Lipinski definition) is 2. The van der Waals surface area contributed by atoms with Gasteiger partial charge in [-0.25, -0.2) is 4.39 Å². The maximum absolute atomic E-state index is 13.3. The van der Waals surface area contributed by atoms with Crippen LogP contribution in [0.1, 0.15) is 31.2 Å². The van der Waals surface area contributed by atoms with E-state index in [1.165, 1.54) is 12.1 Å². The largest absolute Gasteiger partial charge is 0.387 e. The summed E-state index contributed by atoms with van der Waals surface area (Å²) >= 11 is 3.27. The van der Waals surface area contributed by atoms with Gasteiger partial charge in [0.1, 0.15) is 5.82 Å². The fourth-order valence-corrected chi connectivity index (χ4v) is 3.31. The lowest BCUT2D eigenvalue weighted by atomic mass is 9.78. The van der Waals surface area contributed by atoms with Gasteiger partial charge >= 0.3 is 0 Å². The highest BCUT2D eigenvalue weighted by molar-refractivity contribution is 9.10. The summed E-state index contributed by atoms with van der Waals surface area (Å²) < 4.78 is 19.4. The Kier molecular flexibility index (Phi) is 4.41. The third-order valence-electron chi connectivity index (χ3n) is 3.64. The van der Waals surface area contributed by atoms with Crippen LogP contribution < -0.4 is 0 Å². The highest BCUT2D eigenvalue weighted by Crippen LogP contribution is 2.34. The van der Waals surface area contributed by atoms with Crippen molar-refractivity contribution in [1.82, 2.24) is 0 Å². The minimum absolute atomic E-state index is 0.159. The smallest absolute Gasteiger partial charge is 0.124 e. The summed E-state index contributed by atoms with van der Waals surface area (Å²) in [7, 11) is 1.63. The molecule has 0 aromatic heterocycles. The Bertz CT molecular complexity index is 404. The highest BCUT2D eigenvalue weighted by Gasteiger charge is 2.39. The van der Waals surface area contributed by atoms with Crippen molar-refractivity contribution in [2.24, 2.45) is 0 Å². The van der Waals surface area contributed by atoms with Gasteiger partial charge in [0.25, 0.3) is 0 Å². The summed E-state index contributed by atoms with van der Waals surface area (Å²) in [5, 5.41) is 10.7. The Balaban J connectivity index is 2.19. The van der Waals surface area contributed by atoms with Crippen molar-refractivity contribution >= 4 is 15.9 Å². The van der Waals surface area contributed by atoms with Crippen molar-refractivity contribution in [2.45, 2.75) is 43.8 Å². The summed E-state index contributed by atoms with van der Waals surface area (Å²) in [5.41, 5.74) is -0.0754. The van der Waals surface area contributed by atoms with E-state index in [0.717, 1.165) is 24.8 Å². The van der Waals surface area contributed by atoms with Gasteiger partial charge in [-0.05, 0) is 36.6 Å². The first-order valence-corrected chi connectivity index (χ1v) is 7.03. The Morgan fingerprint density at radius 2 is 2.22 bits per heavy atom. The Hall–Kier alpha value is -0.450. The molecule has 0 aliphatic heterocycles. The molecule has 0 radical (unpaired) electrons. The van der Waals surface area contributed by atoms with Gasteiger partial charge in [0.05, 0.1) is 11.7 Å². The van der Waals surface area contributed by atoms with Crippen LogP contribution in [0.5, 0.6) is 0 Å². The molecule has 1 aliphatic carbocycles. The molecule has 1 aliphatic rings. The van der Waals surface area contributed by atoms with Crippen LogP contribution in [0.3, 0.4) is 0 Å². The van der Waals surface area contributed by atoms with Gasteiger partial charge in [0.15, 0.2) is 0 Å². The Labute approximate surface area is 115 Å². The predicted molar refractivity (Wildman–Crippen MR) is 72.0 cm³/mol. The van der Waals surface area contributed by atoms with Crippen molar-refractivity contribution in [1.29, 1.82) is 0 Å². The number of aliphatic hydroxyl groups is 1. The van der Waals surface area contributed by atoms with E-state index in [-0.39, 0.29) is 11.9 Å². The lowest BCUT2D eigenvalue weighted by Gasteiger charge is -2.39. The monoisotopic (exact) mass is 316 g/mol. The van der Waals surface area contributed by atoms with Gasteiger partial charge < -0.3 is 9.84 Å². The maximum Gasteiger partial charge on any atom is 0.124 e. The molecule has 4 heteroatoms. The van der Waals surface area contributed by atoms with Crippen LogP contribution in [0.2, 0.25) is 0 Å². The summed E-state index contributed by atoms with van der Waals surface area (Å²) in [6.07, 6.45) is 3.92. The molecule has 2 nitrogen and oxygen atoms in total. The lowest BCUT2D eigenvalue weighted by Crippen LogP contribution is -2.47. The van der Waals surface area contributed by atoms with Crippen molar-refractivity contribution in [3.8, 4) is 0 Å². The summed E-state index contributed by atoms with van der Waals surface area (Å²) in [5.74, 6) is -0.284. The summed E-state index contributed by atoms with van der Waals surface area (Å²) in [4.78, 5) is 0. The molecule has 1 aromatic carbocycles. The third kappa shape index (κ3) is 3.11. The molecule has 100 valence electrons. The normalized spacial score (nSPS) is 28.3. The highest BCUT2D eigenvalue weighted by atomic mass is 79.9. The zero-order valence-corrected chi connectivity index (χ0v) is 12.0. The fraction of sp³-hybridized carbons (Fsp3) is 0.571. The molecule has 0 bridgehead atoms. The van der Waals surface area contributed by atoms with Gasteiger partial charge in [-0.2, -0.15) is 0 Å². The molecular formula is C14H18BrFO2. The van der Waals surface area contributed by atoms with E-state index in [9.17, 15) is 9.50 Å². The minimum Gasteiger partial charge on any atom is -0.387 e. The molecule has 18 heavy (non-hydrogen) atoms. The van der Waals surface area contributed by atoms with E-state index in [0.29, 0.717) is 17.3 Å². The van der Waals surface area contributed by atoms with E-state index in [1.54, 1.807) is 7.11 Å². The van der Waals surface area contributed by atoms with Gasteiger partial charge in [-0.3, -0.25) is 0 Å². The number of ether oxygens (including phenoxy) is 1. The zero-order valence-electron chi connectivity index (χ0n) is 10.5. The van der Waals surface area contributed by atoms with Crippen LogP contribution >= 0.6 is 15.9 Å².